The van der Waals surface area contributed by atoms with Gasteiger partial charge in [-0.05, 0) is 73.5 Å². The summed E-state index contributed by atoms with van der Waals surface area (Å²) in [5, 5.41) is 22.8. The molecule has 3 atom stereocenters. The lowest BCUT2D eigenvalue weighted by Gasteiger charge is -2.38. The molecule has 1 aliphatic rings. The Morgan fingerprint density at radius 3 is 2.79 bits per heavy atom. The number of thioether (sulfide) groups is 1. The number of pyridine rings is 1. The van der Waals surface area contributed by atoms with Crippen LogP contribution in [0.5, 0.6) is 5.75 Å². The number of nitrogens with zero attached hydrogens (tertiary/aromatic N) is 4. The summed E-state index contributed by atoms with van der Waals surface area (Å²) >= 11 is 1.67. The van der Waals surface area contributed by atoms with Crippen LogP contribution in [0.1, 0.15) is 30.9 Å². The molecule has 2 aromatic heterocycles. The molecule has 1 aliphatic heterocycles. The highest BCUT2D eigenvalue weighted by atomic mass is 32.2. The largest absolute Gasteiger partial charge is 0.497 e. The number of aromatic nitrogens is 3. The lowest BCUT2D eigenvalue weighted by molar-refractivity contribution is 0.0608. The molecule has 3 heterocycles. The Labute approximate surface area is 199 Å². The van der Waals surface area contributed by atoms with Crippen LogP contribution in [0, 0.1) is 11.8 Å². The minimum Gasteiger partial charge on any atom is -0.497 e. The highest BCUT2D eigenvalue weighted by molar-refractivity contribution is 7.99. The van der Waals surface area contributed by atoms with Gasteiger partial charge in [-0.15, -0.1) is 0 Å². The van der Waals surface area contributed by atoms with E-state index in [1.165, 1.54) is 0 Å². The lowest BCUT2D eigenvalue weighted by atomic mass is 9.81. The predicted molar refractivity (Wildman–Crippen MR) is 130 cm³/mol. The molecule has 0 spiro atoms. The first-order valence-corrected chi connectivity index (χ1v) is 12.5. The topological polar surface area (TPSA) is 91.6 Å². The van der Waals surface area contributed by atoms with Crippen molar-refractivity contribution in [1.82, 2.24) is 19.9 Å². The first-order valence-electron chi connectivity index (χ1n) is 11.5. The summed E-state index contributed by atoms with van der Waals surface area (Å²) in [4.78, 5) is 15.4. The third-order valence-corrected chi connectivity index (χ3v) is 7.40. The van der Waals surface area contributed by atoms with Crippen molar-refractivity contribution in [1.29, 1.82) is 0 Å². The highest BCUT2D eigenvalue weighted by Gasteiger charge is 2.29. The average molecular weight is 469 g/mol. The molecule has 4 rings (SSSR count). The highest BCUT2D eigenvalue weighted by Crippen LogP contribution is 2.33. The number of methoxy groups -OCH3 is 1. The van der Waals surface area contributed by atoms with E-state index >= 15 is 0 Å². The zero-order chi connectivity index (χ0) is 23.0. The summed E-state index contributed by atoms with van der Waals surface area (Å²) in [6.45, 7) is 3.05. The van der Waals surface area contributed by atoms with Gasteiger partial charge in [-0.2, -0.15) is 0 Å². The van der Waals surface area contributed by atoms with Crippen LogP contribution in [0.3, 0.4) is 0 Å². The number of rotatable bonds is 10. The van der Waals surface area contributed by atoms with Gasteiger partial charge in [-0.3, -0.25) is 4.98 Å². The Balaban J connectivity index is 1.30. The van der Waals surface area contributed by atoms with Crippen LogP contribution in [0.25, 0.3) is 10.9 Å². The van der Waals surface area contributed by atoms with E-state index in [2.05, 4.69) is 19.9 Å². The fourth-order valence-corrected chi connectivity index (χ4v) is 5.47. The van der Waals surface area contributed by atoms with Crippen LogP contribution in [0.2, 0.25) is 0 Å². The number of hydrogen-bond donors (Lipinski definition) is 2. The van der Waals surface area contributed by atoms with Gasteiger partial charge in [-0.25, -0.2) is 9.97 Å². The number of likely N-dealkylation sites (tertiary alicyclic amines) is 1. The van der Waals surface area contributed by atoms with Gasteiger partial charge >= 0.3 is 0 Å². The van der Waals surface area contributed by atoms with Gasteiger partial charge in [0.05, 0.1) is 18.7 Å². The van der Waals surface area contributed by atoms with E-state index in [0.717, 1.165) is 65.6 Å². The Morgan fingerprint density at radius 2 is 2.00 bits per heavy atom. The van der Waals surface area contributed by atoms with Crippen molar-refractivity contribution in [3.8, 4) is 5.75 Å². The van der Waals surface area contributed by atoms with Gasteiger partial charge in [0.2, 0.25) is 0 Å². The van der Waals surface area contributed by atoms with Gasteiger partial charge in [0.15, 0.2) is 5.16 Å². The van der Waals surface area contributed by atoms with E-state index in [4.69, 9.17) is 4.74 Å². The quantitative estimate of drug-likeness (QED) is 0.345. The number of piperidine rings is 1. The molecular formula is C25H32N4O3S. The monoisotopic (exact) mass is 468 g/mol. The number of benzene rings is 1. The Hall–Kier alpha value is -2.26. The standard InChI is InChI=1S/C25H32N4O3S/c1-32-20-4-5-23-22(15-20)21(7-11-26-23)24(31)6-3-18-8-12-29(16-19(18)17-30)13-14-33-25-27-9-2-10-28-25/h2,4-5,7,9-11,15,18-19,24,30-31H,3,6,8,12-14,16-17H2,1H3/t18-,19-,24-/m1/s1. The van der Waals surface area contributed by atoms with Crippen molar-refractivity contribution in [2.75, 3.05) is 39.1 Å². The van der Waals surface area contributed by atoms with E-state index < -0.39 is 6.10 Å². The van der Waals surface area contributed by atoms with Crippen LogP contribution < -0.4 is 4.74 Å². The third kappa shape index (κ3) is 6.20. The molecule has 8 heteroatoms. The van der Waals surface area contributed by atoms with Crippen molar-refractivity contribution in [2.45, 2.75) is 30.5 Å². The second kappa shape index (κ2) is 11.7. The predicted octanol–water partition coefficient (Wildman–Crippen LogP) is 3.57. The van der Waals surface area contributed by atoms with E-state index in [0.29, 0.717) is 12.3 Å². The SMILES string of the molecule is COc1ccc2nccc([C@H](O)CC[C@@H]3CCN(CCSc4ncccn4)C[C@@H]3CO)c2c1. The summed E-state index contributed by atoms with van der Waals surface area (Å²) in [6.07, 6.45) is 7.31. The molecule has 1 aromatic carbocycles. The molecule has 2 N–H and O–H groups in total. The van der Waals surface area contributed by atoms with Crippen molar-refractivity contribution in [3.63, 3.8) is 0 Å². The van der Waals surface area contributed by atoms with Crippen molar-refractivity contribution in [3.05, 3.63) is 54.5 Å². The molecule has 1 fully saturated rings. The number of aliphatic hydroxyl groups is 2. The molecule has 0 saturated carbocycles. The first kappa shape index (κ1) is 23.9. The number of aliphatic hydroxyl groups excluding tert-OH is 2. The van der Waals surface area contributed by atoms with Gasteiger partial charge in [0, 0.05) is 49.4 Å². The van der Waals surface area contributed by atoms with Crippen LogP contribution in [0.4, 0.5) is 0 Å². The summed E-state index contributed by atoms with van der Waals surface area (Å²) < 4.78 is 5.35. The molecule has 33 heavy (non-hydrogen) atoms. The molecule has 0 unspecified atom stereocenters. The molecule has 176 valence electrons. The van der Waals surface area contributed by atoms with Crippen LogP contribution in [0.15, 0.2) is 54.1 Å². The third-order valence-electron chi connectivity index (χ3n) is 6.54. The second-order valence-corrected chi connectivity index (χ2v) is 9.61. The zero-order valence-corrected chi connectivity index (χ0v) is 19.8. The number of ether oxygens (including phenoxy) is 1. The molecule has 0 radical (unpaired) electrons. The minimum atomic E-state index is -0.567. The molecule has 0 aliphatic carbocycles. The zero-order valence-electron chi connectivity index (χ0n) is 19.0. The first-order chi connectivity index (χ1) is 16.2. The van der Waals surface area contributed by atoms with Gasteiger partial charge < -0.3 is 19.8 Å². The summed E-state index contributed by atoms with van der Waals surface area (Å²) in [7, 11) is 1.64. The Morgan fingerprint density at radius 1 is 1.15 bits per heavy atom. The van der Waals surface area contributed by atoms with Gasteiger partial charge in [-0.1, -0.05) is 11.8 Å². The fraction of sp³-hybridized carbons (Fsp3) is 0.480. The fourth-order valence-electron chi connectivity index (χ4n) is 4.66. The van der Waals surface area contributed by atoms with E-state index in [1.807, 2.05) is 30.3 Å². The second-order valence-electron chi connectivity index (χ2n) is 8.55. The summed E-state index contributed by atoms with van der Waals surface area (Å²) in [6, 6.07) is 9.47. The maximum atomic E-state index is 11.0. The normalized spacial score (nSPS) is 20.1. The summed E-state index contributed by atoms with van der Waals surface area (Å²) in [5.41, 5.74) is 1.74. The molecule has 1 saturated heterocycles. The van der Waals surface area contributed by atoms with E-state index in [1.54, 1.807) is 37.5 Å². The maximum Gasteiger partial charge on any atom is 0.187 e. The Kier molecular flexibility index (Phi) is 8.50. The van der Waals surface area contributed by atoms with Crippen LogP contribution >= 0.6 is 11.8 Å². The molecule has 0 bridgehead atoms. The number of fused-ring (bicyclic) bond motifs is 1. The van der Waals surface area contributed by atoms with Crippen LogP contribution in [-0.4, -0.2) is 69.2 Å². The average Bonchev–Trinajstić information content (AvgIpc) is 2.87. The van der Waals surface area contributed by atoms with E-state index in [9.17, 15) is 10.2 Å². The van der Waals surface area contributed by atoms with E-state index in [-0.39, 0.29) is 12.5 Å². The maximum absolute atomic E-state index is 11.0. The molecule has 0 amide bonds. The smallest absolute Gasteiger partial charge is 0.187 e. The van der Waals surface area contributed by atoms with Crippen molar-refractivity contribution >= 4 is 22.7 Å². The van der Waals surface area contributed by atoms with Crippen molar-refractivity contribution < 1.29 is 14.9 Å². The molecule has 7 nitrogen and oxygen atoms in total. The molecular weight excluding hydrogens is 436 g/mol. The molecule has 3 aromatic rings. The number of hydrogen-bond acceptors (Lipinski definition) is 8. The minimum absolute atomic E-state index is 0.182. The van der Waals surface area contributed by atoms with Gasteiger partial charge in [0.25, 0.3) is 0 Å². The lowest BCUT2D eigenvalue weighted by Crippen LogP contribution is -2.43. The van der Waals surface area contributed by atoms with Crippen LogP contribution in [-0.2, 0) is 0 Å². The van der Waals surface area contributed by atoms with Crippen molar-refractivity contribution in [2.24, 2.45) is 11.8 Å². The Bertz CT molecular complexity index is 1020. The summed E-state index contributed by atoms with van der Waals surface area (Å²) in [5.74, 6) is 2.34. The van der Waals surface area contributed by atoms with Gasteiger partial charge in [0.1, 0.15) is 5.75 Å².